The molecular weight excluding hydrogens is 379 g/mol. The van der Waals surface area contributed by atoms with Gasteiger partial charge in [-0.15, -0.1) is 0 Å². The van der Waals surface area contributed by atoms with Crippen LogP contribution in [-0.2, 0) is 9.59 Å². The summed E-state index contributed by atoms with van der Waals surface area (Å²) in [5.41, 5.74) is 2.04. The molecule has 2 aromatic carbocycles. The average molecular weight is 391 g/mol. The molecule has 2 amide bonds. The molecule has 3 rings (SSSR count). The topological polar surface area (TPSA) is 49.4 Å². The van der Waals surface area contributed by atoms with Gasteiger partial charge in [-0.2, -0.15) is 0 Å². The Bertz CT molecular complexity index is 940. The summed E-state index contributed by atoms with van der Waals surface area (Å²) in [6.07, 6.45) is 1.53. The summed E-state index contributed by atoms with van der Waals surface area (Å²) in [6.45, 7) is 1.93. The Morgan fingerprint density at radius 3 is 2.56 bits per heavy atom. The van der Waals surface area contributed by atoms with Crippen molar-refractivity contribution in [2.45, 2.75) is 6.92 Å². The number of amides is 2. The molecule has 0 bridgehead atoms. The first-order chi connectivity index (χ1) is 11.9. The minimum absolute atomic E-state index is 0.0322. The van der Waals surface area contributed by atoms with E-state index in [1.54, 1.807) is 18.2 Å². The van der Waals surface area contributed by atoms with Gasteiger partial charge in [0.25, 0.3) is 11.8 Å². The summed E-state index contributed by atoms with van der Waals surface area (Å²) in [6, 6.07) is 12.3. The molecule has 4 nitrogen and oxygen atoms in total. The van der Waals surface area contributed by atoms with Gasteiger partial charge in [-0.1, -0.05) is 59.1 Å². The fourth-order valence-electron chi connectivity index (χ4n) is 2.47. The first-order valence-corrected chi connectivity index (χ1v) is 8.47. The molecule has 1 heterocycles. The molecule has 2 aromatic rings. The molecule has 1 N–H and O–H groups in total. The van der Waals surface area contributed by atoms with Gasteiger partial charge < -0.3 is 0 Å². The van der Waals surface area contributed by atoms with E-state index in [-0.39, 0.29) is 20.7 Å². The molecule has 0 aromatic heterocycles. The molecule has 1 saturated heterocycles. The van der Waals surface area contributed by atoms with E-state index in [2.05, 4.69) is 5.32 Å². The zero-order valence-corrected chi connectivity index (χ0v) is 15.4. The van der Waals surface area contributed by atoms with E-state index in [1.807, 2.05) is 31.2 Å². The van der Waals surface area contributed by atoms with Crippen molar-refractivity contribution in [3.63, 3.8) is 0 Å². The molecule has 126 valence electrons. The van der Waals surface area contributed by atoms with Gasteiger partial charge in [-0.05, 0) is 42.9 Å². The Hall–Kier alpha value is -2.21. The Balaban J connectivity index is 2.07. The lowest BCUT2D eigenvalue weighted by atomic mass is 10.1. The van der Waals surface area contributed by atoms with Gasteiger partial charge >= 0.3 is 0 Å². The van der Waals surface area contributed by atoms with Crippen LogP contribution >= 0.6 is 35.4 Å². The molecule has 25 heavy (non-hydrogen) atoms. The SMILES string of the molecule is Cc1cccc(/C=C2\C(=O)NC(=S)N(c3cccc(Cl)c3Cl)C2=O)c1. The number of nitrogens with one attached hydrogen (secondary N) is 1. The lowest BCUT2D eigenvalue weighted by Gasteiger charge is -2.29. The van der Waals surface area contributed by atoms with Crippen molar-refractivity contribution < 1.29 is 9.59 Å². The molecule has 0 radical (unpaired) electrons. The quantitative estimate of drug-likeness (QED) is 0.476. The van der Waals surface area contributed by atoms with Crippen LogP contribution in [0.4, 0.5) is 5.69 Å². The molecule has 7 heteroatoms. The Morgan fingerprint density at radius 2 is 1.84 bits per heavy atom. The second kappa shape index (κ2) is 6.96. The molecule has 0 spiro atoms. The summed E-state index contributed by atoms with van der Waals surface area (Å²) in [7, 11) is 0. The second-order valence-corrected chi connectivity index (χ2v) is 6.62. The maximum atomic E-state index is 12.9. The number of carbonyl (C=O) groups excluding carboxylic acids is 2. The smallest absolute Gasteiger partial charge is 0.270 e. The number of halogens is 2. The third-order valence-corrected chi connectivity index (χ3v) is 4.72. The highest BCUT2D eigenvalue weighted by molar-refractivity contribution is 7.80. The molecule has 0 saturated carbocycles. The summed E-state index contributed by atoms with van der Waals surface area (Å²) >= 11 is 17.4. The summed E-state index contributed by atoms with van der Waals surface area (Å²) in [5, 5.41) is 2.95. The predicted molar refractivity (Wildman–Crippen MR) is 104 cm³/mol. The Morgan fingerprint density at radius 1 is 1.12 bits per heavy atom. The number of hydrogen-bond donors (Lipinski definition) is 1. The summed E-state index contributed by atoms with van der Waals surface area (Å²) in [4.78, 5) is 26.3. The van der Waals surface area contributed by atoms with Gasteiger partial charge in [0.15, 0.2) is 5.11 Å². The van der Waals surface area contributed by atoms with Crippen LogP contribution in [0, 0.1) is 6.92 Å². The van der Waals surface area contributed by atoms with Crippen LogP contribution < -0.4 is 10.2 Å². The van der Waals surface area contributed by atoms with Crippen LogP contribution in [0.5, 0.6) is 0 Å². The van der Waals surface area contributed by atoms with Crippen LogP contribution in [-0.4, -0.2) is 16.9 Å². The van der Waals surface area contributed by atoms with Crippen molar-refractivity contribution >= 4 is 64.1 Å². The average Bonchev–Trinajstić information content (AvgIpc) is 2.55. The third kappa shape index (κ3) is 3.44. The maximum absolute atomic E-state index is 12.9. The van der Waals surface area contributed by atoms with Gasteiger partial charge in [-0.25, -0.2) is 0 Å². The first-order valence-electron chi connectivity index (χ1n) is 7.30. The number of carbonyl (C=O) groups is 2. The van der Waals surface area contributed by atoms with Crippen molar-refractivity contribution in [2.75, 3.05) is 4.90 Å². The number of rotatable bonds is 2. The van der Waals surface area contributed by atoms with E-state index >= 15 is 0 Å². The van der Waals surface area contributed by atoms with Gasteiger partial charge in [0.05, 0.1) is 15.7 Å². The van der Waals surface area contributed by atoms with Crippen molar-refractivity contribution in [2.24, 2.45) is 0 Å². The van der Waals surface area contributed by atoms with Crippen LogP contribution in [0.1, 0.15) is 11.1 Å². The Kier molecular flexibility index (Phi) is 4.90. The van der Waals surface area contributed by atoms with Gasteiger partial charge in [0.1, 0.15) is 5.57 Å². The normalized spacial score (nSPS) is 16.4. The Labute approximate surface area is 160 Å². The van der Waals surface area contributed by atoms with Crippen molar-refractivity contribution in [3.05, 3.63) is 69.2 Å². The standard InChI is InChI=1S/C18H12Cl2N2O2S/c1-10-4-2-5-11(8-10)9-12-16(23)21-18(25)22(17(12)24)14-7-3-6-13(19)15(14)20/h2-9H,1H3,(H,21,23,25)/b12-9+. The van der Waals surface area contributed by atoms with Crippen molar-refractivity contribution in [1.82, 2.24) is 5.32 Å². The summed E-state index contributed by atoms with van der Waals surface area (Å²) in [5.74, 6) is -1.11. The molecule has 1 aliphatic heterocycles. The molecule has 0 aliphatic carbocycles. The number of anilines is 1. The van der Waals surface area contributed by atoms with E-state index < -0.39 is 11.8 Å². The number of thiocarbonyl (C=S) groups is 1. The highest BCUT2D eigenvalue weighted by Crippen LogP contribution is 2.34. The lowest BCUT2D eigenvalue weighted by Crippen LogP contribution is -2.54. The van der Waals surface area contributed by atoms with E-state index in [4.69, 9.17) is 35.4 Å². The van der Waals surface area contributed by atoms with E-state index in [9.17, 15) is 9.59 Å². The van der Waals surface area contributed by atoms with E-state index in [0.717, 1.165) is 11.1 Å². The fourth-order valence-corrected chi connectivity index (χ4v) is 3.12. The van der Waals surface area contributed by atoms with Crippen LogP contribution in [0.3, 0.4) is 0 Å². The lowest BCUT2D eigenvalue weighted by molar-refractivity contribution is -0.122. The van der Waals surface area contributed by atoms with Gasteiger partial charge in [0.2, 0.25) is 0 Å². The zero-order chi connectivity index (χ0) is 18.1. The number of hydrogen-bond acceptors (Lipinski definition) is 3. The predicted octanol–water partition coefficient (Wildman–Crippen LogP) is 4.13. The molecule has 0 unspecified atom stereocenters. The highest BCUT2D eigenvalue weighted by atomic mass is 35.5. The number of aryl methyl sites for hydroxylation is 1. The maximum Gasteiger partial charge on any atom is 0.270 e. The number of benzene rings is 2. The largest absolute Gasteiger partial charge is 0.298 e. The molecule has 1 fully saturated rings. The first kappa shape index (κ1) is 17.6. The second-order valence-electron chi connectivity index (χ2n) is 5.44. The van der Waals surface area contributed by atoms with Crippen LogP contribution in [0.25, 0.3) is 6.08 Å². The molecular formula is C18H12Cl2N2O2S. The van der Waals surface area contributed by atoms with Crippen molar-refractivity contribution in [1.29, 1.82) is 0 Å². The molecule has 0 atom stereocenters. The number of nitrogens with zero attached hydrogens (tertiary/aromatic N) is 1. The van der Waals surface area contributed by atoms with Crippen LogP contribution in [0.15, 0.2) is 48.0 Å². The zero-order valence-electron chi connectivity index (χ0n) is 13.0. The monoisotopic (exact) mass is 390 g/mol. The minimum atomic E-state index is -0.556. The summed E-state index contributed by atoms with van der Waals surface area (Å²) < 4.78 is 0. The van der Waals surface area contributed by atoms with Crippen molar-refractivity contribution in [3.8, 4) is 0 Å². The van der Waals surface area contributed by atoms with E-state index in [0.29, 0.717) is 5.69 Å². The highest BCUT2D eigenvalue weighted by Gasteiger charge is 2.35. The molecule has 1 aliphatic rings. The van der Waals surface area contributed by atoms with E-state index in [1.165, 1.54) is 11.0 Å². The van der Waals surface area contributed by atoms with Gasteiger partial charge in [0, 0.05) is 0 Å². The van der Waals surface area contributed by atoms with Gasteiger partial charge in [-0.3, -0.25) is 19.8 Å². The minimum Gasteiger partial charge on any atom is -0.298 e. The fraction of sp³-hybridized carbons (Fsp3) is 0.0556. The third-order valence-electron chi connectivity index (χ3n) is 3.63. The van der Waals surface area contributed by atoms with Crippen LogP contribution in [0.2, 0.25) is 10.0 Å².